The van der Waals surface area contributed by atoms with E-state index in [1.807, 2.05) is 18.2 Å². The second kappa shape index (κ2) is 5.13. The molecule has 1 aromatic carbocycles. The van der Waals surface area contributed by atoms with Crippen molar-refractivity contribution in [1.29, 1.82) is 0 Å². The Kier molecular flexibility index (Phi) is 3.33. The second-order valence-electron chi connectivity index (χ2n) is 4.69. The molecule has 5 nitrogen and oxygen atoms in total. The van der Waals surface area contributed by atoms with Gasteiger partial charge in [-0.1, -0.05) is 11.8 Å². The predicted molar refractivity (Wildman–Crippen MR) is 76.7 cm³/mol. The van der Waals surface area contributed by atoms with Crippen molar-refractivity contribution in [3.8, 4) is 0 Å². The van der Waals surface area contributed by atoms with Gasteiger partial charge in [-0.2, -0.15) is 0 Å². The minimum atomic E-state index is -0.424. The number of amides is 2. The maximum Gasteiger partial charge on any atom is 0.279 e. The van der Waals surface area contributed by atoms with Crippen molar-refractivity contribution >= 4 is 34.3 Å². The standard InChI is InChI=1S/C13H15N3O2S/c17-12(11-7-19-13(18)16-11)15-9-3-4-10-8(6-9)2-1-5-14-10/h3-4,6,11,14H,1-2,5,7H2,(H,15,17)(H,16,18). The smallest absolute Gasteiger partial charge is 0.279 e. The van der Waals surface area contributed by atoms with Crippen LogP contribution in [0.3, 0.4) is 0 Å². The Balaban J connectivity index is 1.69. The lowest BCUT2D eigenvalue weighted by Crippen LogP contribution is -2.38. The molecular weight excluding hydrogens is 262 g/mol. The van der Waals surface area contributed by atoms with Crippen molar-refractivity contribution in [1.82, 2.24) is 5.32 Å². The number of anilines is 2. The molecule has 2 aliphatic heterocycles. The highest BCUT2D eigenvalue weighted by Crippen LogP contribution is 2.25. The molecule has 0 aromatic heterocycles. The summed E-state index contributed by atoms with van der Waals surface area (Å²) in [6, 6.07) is 5.46. The number of aryl methyl sites for hydroxylation is 1. The fraction of sp³-hybridized carbons (Fsp3) is 0.385. The topological polar surface area (TPSA) is 70.2 Å². The van der Waals surface area contributed by atoms with Crippen LogP contribution in [-0.2, 0) is 11.2 Å². The highest BCUT2D eigenvalue weighted by molar-refractivity contribution is 8.14. The van der Waals surface area contributed by atoms with E-state index in [2.05, 4.69) is 16.0 Å². The number of carbonyl (C=O) groups is 2. The first kappa shape index (κ1) is 12.3. The number of nitrogens with one attached hydrogen (secondary N) is 3. The van der Waals surface area contributed by atoms with E-state index in [9.17, 15) is 9.59 Å². The van der Waals surface area contributed by atoms with Crippen LogP contribution in [0.1, 0.15) is 12.0 Å². The number of carbonyl (C=O) groups excluding carboxylic acids is 2. The molecule has 0 aliphatic carbocycles. The summed E-state index contributed by atoms with van der Waals surface area (Å²) in [6.07, 6.45) is 2.14. The zero-order valence-electron chi connectivity index (χ0n) is 10.4. The van der Waals surface area contributed by atoms with E-state index in [1.165, 1.54) is 5.56 Å². The summed E-state index contributed by atoms with van der Waals surface area (Å²) in [6.45, 7) is 1.00. The Morgan fingerprint density at radius 3 is 3.11 bits per heavy atom. The maximum atomic E-state index is 12.0. The van der Waals surface area contributed by atoms with E-state index >= 15 is 0 Å². The highest BCUT2D eigenvalue weighted by Gasteiger charge is 2.28. The lowest BCUT2D eigenvalue weighted by Gasteiger charge is -2.19. The van der Waals surface area contributed by atoms with Crippen molar-refractivity contribution < 1.29 is 9.59 Å². The largest absolute Gasteiger partial charge is 0.385 e. The average Bonchev–Trinajstić information content (AvgIpc) is 2.85. The van der Waals surface area contributed by atoms with Crippen LogP contribution >= 0.6 is 11.8 Å². The normalized spacial score (nSPS) is 21.3. The van der Waals surface area contributed by atoms with E-state index in [1.54, 1.807) is 0 Å². The minimum Gasteiger partial charge on any atom is -0.385 e. The lowest BCUT2D eigenvalue weighted by atomic mass is 10.0. The zero-order valence-corrected chi connectivity index (χ0v) is 11.2. The van der Waals surface area contributed by atoms with Gasteiger partial charge in [0.1, 0.15) is 6.04 Å². The molecule has 100 valence electrons. The SMILES string of the molecule is O=C1NC(C(=O)Nc2ccc3c(c2)CCCN3)CS1. The second-order valence-corrected chi connectivity index (χ2v) is 5.68. The van der Waals surface area contributed by atoms with Gasteiger partial charge >= 0.3 is 0 Å². The monoisotopic (exact) mass is 277 g/mol. The van der Waals surface area contributed by atoms with Gasteiger partial charge in [0, 0.05) is 23.7 Å². The lowest BCUT2D eigenvalue weighted by molar-refractivity contribution is -0.117. The van der Waals surface area contributed by atoms with E-state index in [-0.39, 0.29) is 11.1 Å². The number of fused-ring (bicyclic) bond motifs is 1. The molecule has 3 N–H and O–H groups in total. The Labute approximate surface area is 115 Å². The number of rotatable bonds is 2. The third kappa shape index (κ3) is 2.68. The first-order valence-corrected chi connectivity index (χ1v) is 7.32. The molecule has 0 saturated carbocycles. The van der Waals surface area contributed by atoms with Gasteiger partial charge in [0.2, 0.25) is 5.91 Å². The summed E-state index contributed by atoms with van der Waals surface area (Å²) in [5, 5.41) is 8.70. The van der Waals surface area contributed by atoms with Crippen molar-refractivity contribution in [2.45, 2.75) is 18.9 Å². The summed E-state index contributed by atoms with van der Waals surface area (Å²) in [7, 11) is 0. The van der Waals surface area contributed by atoms with Crippen LogP contribution in [0.15, 0.2) is 18.2 Å². The van der Waals surface area contributed by atoms with E-state index < -0.39 is 6.04 Å². The van der Waals surface area contributed by atoms with Crippen LogP contribution in [-0.4, -0.2) is 29.5 Å². The molecule has 1 fully saturated rings. The van der Waals surface area contributed by atoms with Gasteiger partial charge in [0.05, 0.1) is 0 Å². The Morgan fingerprint density at radius 2 is 2.32 bits per heavy atom. The van der Waals surface area contributed by atoms with Gasteiger partial charge in [0.15, 0.2) is 0 Å². The van der Waals surface area contributed by atoms with Gasteiger partial charge in [-0.05, 0) is 36.6 Å². The molecule has 19 heavy (non-hydrogen) atoms. The van der Waals surface area contributed by atoms with E-state index in [4.69, 9.17) is 0 Å². The molecule has 2 heterocycles. The van der Waals surface area contributed by atoms with E-state index in [0.717, 1.165) is 42.5 Å². The van der Waals surface area contributed by atoms with Crippen LogP contribution < -0.4 is 16.0 Å². The Morgan fingerprint density at radius 1 is 1.42 bits per heavy atom. The summed E-state index contributed by atoms with van der Waals surface area (Å²) in [5.74, 6) is 0.346. The van der Waals surface area contributed by atoms with Crippen molar-refractivity contribution in [2.24, 2.45) is 0 Å². The molecule has 0 spiro atoms. The molecular formula is C13H15N3O2S. The van der Waals surface area contributed by atoms with Gasteiger partial charge < -0.3 is 16.0 Å². The molecule has 1 unspecified atom stereocenters. The number of hydrogen-bond donors (Lipinski definition) is 3. The maximum absolute atomic E-state index is 12.0. The van der Waals surface area contributed by atoms with Crippen molar-refractivity contribution in [3.05, 3.63) is 23.8 Å². The minimum absolute atomic E-state index is 0.130. The molecule has 1 saturated heterocycles. The van der Waals surface area contributed by atoms with E-state index in [0.29, 0.717) is 5.75 Å². The first-order chi connectivity index (χ1) is 9.22. The third-order valence-electron chi connectivity index (χ3n) is 3.30. The number of thioether (sulfide) groups is 1. The number of benzene rings is 1. The van der Waals surface area contributed by atoms with Gasteiger partial charge in [-0.15, -0.1) is 0 Å². The molecule has 2 amide bonds. The van der Waals surface area contributed by atoms with Crippen LogP contribution in [0.25, 0.3) is 0 Å². The van der Waals surface area contributed by atoms with Crippen LogP contribution in [0.5, 0.6) is 0 Å². The quantitative estimate of drug-likeness (QED) is 0.771. The Hall–Kier alpha value is -1.69. The van der Waals surface area contributed by atoms with Crippen molar-refractivity contribution in [2.75, 3.05) is 22.9 Å². The molecule has 0 bridgehead atoms. The summed E-state index contributed by atoms with van der Waals surface area (Å²) in [5.41, 5.74) is 3.17. The predicted octanol–water partition coefficient (Wildman–Crippen LogP) is 1.81. The highest BCUT2D eigenvalue weighted by atomic mass is 32.2. The fourth-order valence-corrected chi connectivity index (χ4v) is 3.09. The summed E-state index contributed by atoms with van der Waals surface area (Å²) >= 11 is 1.15. The molecule has 3 rings (SSSR count). The molecule has 0 radical (unpaired) electrons. The van der Waals surface area contributed by atoms with Crippen LogP contribution in [0, 0.1) is 0 Å². The third-order valence-corrected chi connectivity index (χ3v) is 4.18. The number of hydrogen-bond acceptors (Lipinski definition) is 4. The van der Waals surface area contributed by atoms with Crippen LogP contribution in [0.2, 0.25) is 0 Å². The molecule has 1 atom stereocenters. The Bertz CT molecular complexity index is 533. The molecule has 2 aliphatic rings. The van der Waals surface area contributed by atoms with Gasteiger partial charge in [0.25, 0.3) is 5.24 Å². The van der Waals surface area contributed by atoms with Gasteiger partial charge in [-0.25, -0.2) is 0 Å². The molecule has 1 aromatic rings. The zero-order chi connectivity index (χ0) is 13.2. The first-order valence-electron chi connectivity index (χ1n) is 6.33. The fourth-order valence-electron chi connectivity index (χ4n) is 2.31. The molecule has 6 heteroatoms. The summed E-state index contributed by atoms with van der Waals surface area (Å²) in [4.78, 5) is 23.0. The van der Waals surface area contributed by atoms with Crippen molar-refractivity contribution in [3.63, 3.8) is 0 Å². The van der Waals surface area contributed by atoms with Gasteiger partial charge in [-0.3, -0.25) is 9.59 Å². The summed E-state index contributed by atoms with van der Waals surface area (Å²) < 4.78 is 0. The van der Waals surface area contributed by atoms with Crippen LogP contribution in [0.4, 0.5) is 16.2 Å². The average molecular weight is 277 g/mol.